The third-order valence-electron chi connectivity index (χ3n) is 3.79. The Morgan fingerprint density at radius 2 is 2.00 bits per heavy atom. The number of piperazine rings is 1. The van der Waals surface area contributed by atoms with E-state index in [2.05, 4.69) is 34.0 Å². The molecule has 0 aliphatic carbocycles. The third kappa shape index (κ3) is 3.01. The molecule has 94 valence electrons. The molecule has 0 amide bonds. The molecule has 1 N–H and O–H groups in total. The van der Waals surface area contributed by atoms with Crippen LogP contribution in [0.2, 0.25) is 0 Å². The maximum absolute atomic E-state index is 4.30. The SMILES string of the molecule is CCC1(CC)CN(Cc2ncccn2)CCN1. The molecule has 0 radical (unpaired) electrons. The Morgan fingerprint density at radius 3 is 2.65 bits per heavy atom. The van der Waals surface area contributed by atoms with Crippen molar-refractivity contribution in [2.24, 2.45) is 0 Å². The van der Waals surface area contributed by atoms with Gasteiger partial charge < -0.3 is 5.32 Å². The normalized spacial score (nSPS) is 20.4. The van der Waals surface area contributed by atoms with E-state index in [0.717, 1.165) is 32.0 Å². The minimum Gasteiger partial charge on any atom is -0.309 e. The molecular weight excluding hydrogens is 212 g/mol. The highest BCUT2D eigenvalue weighted by Crippen LogP contribution is 2.20. The van der Waals surface area contributed by atoms with Gasteiger partial charge in [-0.25, -0.2) is 9.97 Å². The van der Waals surface area contributed by atoms with E-state index >= 15 is 0 Å². The van der Waals surface area contributed by atoms with Gasteiger partial charge in [-0.05, 0) is 18.9 Å². The third-order valence-corrected chi connectivity index (χ3v) is 3.79. The van der Waals surface area contributed by atoms with E-state index in [-0.39, 0.29) is 5.54 Å². The van der Waals surface area contributed by atoms with Crippen molar-refractivity contribution in [1.82, 2.24) is 20.2 Å². The Balaban J connectivity index is 1.98. The van der Waals surface area contributed by atoms with Crippen molar-refractivity contribution in [3.8, 4) is 0 Å². The molecule has 0 unspecified atom stereocenters. The highest BCUT2D eigenvalue weighted by molar-refractivity contribution is 4.95. The average Bonchev–Trinajstić information content (AvgIpc) is 2.40. The van der Waals surface area contributed by atoms with Gasteiger partial charge in [-0.1, -0.05) is 13.8 Å². The molecule has 1 aliphatic heterocycles. The maximum Gasteiger partial charge on any atom is 0.142 e. The average molecular weight is 234 g/mol. The predicted molar refractivity (Wildman–Crippen MR) is 68.6 cm³/mol. The van der Waals surface area contributed by atoms with Crippen LogP contribution in [0.15, 0.2) is 18.5 Å². The summed E-state index contributed by atoms with van der Waals surface area (Å²) in [5.74, 6) is 0.926. The largest absolute Gasteiger partial charge is 0.309 e. The molecule has 1 aliphatic rings. The zero-order valence-electron chi connectivity index (χ0n) is 10.8. The van der Waals surface area contributed by atoms with E-state index < -0.39 is 0 Å². The Kier molecular flexibility index (Phi) is 4.07. The summed E-state index contributed by atoms with van der Waals surface area (Å²) in [5.41, 5.74) is 0.285. The first-order valence-electron chi connectivity index (χ1n) is 6.51. The molecule has 0 aromatic carbocycles. The van der Waals surface area contributed by atoms with Crippen LogP contribution in [0, 0.1) is 0 Å². The van der Waals surface area contributed by atoms with Gasteiger partial charge in [0.2, 0.25) is 0 Å². The van der Waals surface area contributed by atoms with Gasteiger partial charge in [0.15, 0.2) is 0 Å². The van der Waals surface area contributed by atoms with E-state index in [9.17, 15) is 0 Å². The molecule has 4 heteroatoms. The van der Waals surface area contributed by atoms with Gasteiger partial charge in [0, 0.05) is 37.6 Å². The Hall–Kier alpha value is -1.00. The fourth-order valence-corrected chi connectivity index (χ4v) is 2.51. The van der Waals surface area contributed by atoms with E-state index in [1.165, 1.54) is 12.8 Å². The molecule has 17 heavy (non-hydrogen) atoms. The minimum absolute atomic E-state index is 0.285. The van der Waals surface area contributed by atoms with Gasteiger partial charge in [0.05, 0.1) is 6.54 Å². The van der Waals surface area contributed by atoms with Gasteiger partial charge in [-0.3, -0.25) is 4.90 Å². The van der Waals surface area contributed by atoms with Crippen LogP contribution >= 0.6 is 0 Å². The first-order valence-corrected chi connectivity index (χ1v) is 6.51. The van der Waals surface area contributed by atoms with E-state index in [1.54, 1.807) is 0 Å². The lowest BCUT2D eigenvalue weighted by molar-refractivity contribution is 0.116. The van der Waals surface area contributed by atoms with Crippen LogP contribution in [-0.4, -0.2) is 40.0 Å². The van der Waals surface area contributed by atoms with Crippen molar-refractivity contribution in [3.63, 3.8) is 0 Å². The summed E-state index contributed by atoms with van der Waals surface area (Å²) < 4.78 is 0. The van der Waals surface area contributed by atoms with Gasteiger partial charge >= 0.3 is 0 Å². The smallest absolute Gasteiger partial charge is 0.142 e. The van der Waals surface area contributed by atoms with Crippen molar-refractivity contribution in [1.29, 1.82) is 0 Å². The van der Waals surface area contributed by atoms with E-state index in [4.69, 9.17) is 0 Å². The van der Waals surface area contributed by atoms with Crippen molar-refractivity contribution in [2.75, 3.05) is 19.6 Å². The van der Waals surface area contributed by atoms with Crippen LogP contribution in [0.5, 0.6) is 0 Å². The standard InChI is InChI=1S/C13H22N4/c1-3-13(4-2)11-17(9-8-16-13)10-12-14-6-5-7-15-12/h5-7,16H,3-4,8-11H2,1-2H3. The monoisotopic (exact) mass is 234 g/mol. The molecule has 2 rings (SSSR count). The number of rotatable bonds is 4. The van der Waals surface area contributed by atoms with Crippen LogP contribution in [0.3, 0.4) is 0 Å². The first kappa shape index (κ1) is 12.5. The second kappa shape index (κ2) is 5.56. The molecule has 1 fully saturated rings. The van der Waals surface area contributed by atoms with Gasteiger partial charge in [-0.15, -0.1) is 0 Å². The number of hydrogen-bond acceptors (Lipinski definition) is 4. The Bertz CT molecular complexity index is 335. The summed E-state index contributed by atoms with van der Waals surface area (Å²) in [6, 6.07) is 1.86. The fourth-order valence-electron chi connectivity index (χ4n) is 2.51. The van der Waals surface area contributed by atoms with Crippen molar-refractivity contribution in [2.45, 2.75) is 38.8 Å². The molecule has 1 saturated heterocycles. The second-order valence-electron chi connectivity index (χ2n) is 4.79. The molecule has 0 bridgehead atoms. The molecule has 2 heterocycles. The topological polar surface area (TPSA) is 41.1 Å². The lowest BCUT2D eigenvalue weighted by Gasteiger charge is -2.42. The zero-order valence-corrected chi connectivity index (χ0v) is 10.8. The van der Waals surface area contributed by atoms with Crippen molar-refractivity contribution < 1.29 is 0 Å². The fraction of sp³-hybridized carbons (Fsp3) is 0.692. The van der Waals surface area contributed by atoms with Crippen LogP contribution in [0.25, 0.3) is 0 Å². The summed E-state index contributed by atoms with van der Waals surface area (Å²) in [5, 5.41) is 3.67. The van der Waals surface area contributed by atoms with Gasteiger partial charge in [0.1, 0.15) is 5.82 Å². The van der Waals surface area contributed by atoms with E-state index in [0.29, 0.717) is 0 Å². The lowest BCUT2D eigenvalue weighted by atomic mass is 9.90. The minimum atomic E-state index is 0.285. The van der Waals surface area contributed by atoms with Crippen LogP contribution in [-0.2, 0) is 6.54 Å². The molecule has 0 spiro atoms. The summed E-state index contributed by atoms with van der Waals surface area (Å²) in [6.07, 6.45) is 5.99. The Morgan fingerprint density at radius 1 is 1.29 bits per heavy atom. The number of hydrogen-bond donors (Lipinski definition) is 1. The van der Waals surface area contributed by atoms with Crippen molar-refractivity contribution in [3.05, 3.63) is 24.3 Å². The predicted octanol–water partition coefficient (Wildman–Crippen LogP) is 1.44. The zero-order chi connectivity index (χ0) is 12.1. The number of nitrogens with zero attached hydrogens (tertiary/aromatic N) is 3. The quantitative estimate of drug-likeness (QED) is 0.856. The molecule has 0 saturated carbocycles. The number of nitrogens with one attached hydrogen (secondary N) is 1. The van der Waals surface area contributed by atoms with E-state index in [1.807, 2.05) is 18.5 Å². The van der Waals surface area contributed by atoms with Gasteiger partial charge in [0.25, 0.3) is 0 Å². The molecule has 1 aromatic heterocycles. The molecule has 0 atom stereocenters. The number of aromatic nitrogens is 2. The molecule has 4 nitrogen and oxygen atoms in total. The van der Waals surface area contributed by atoms with Crippen molar-refractivity contribution >= 4 is 0 Å². The van der Waals surface area contributed by atoms with Gasteiger partial charge in [-0.2, -0.15) is 0 Å². The summed E-state index contributed by atoms with van der Waals surface area (Å²) in [4.78, 5) is 11.1. The summed E-state index contributed by atoms with van der Waals surface area (Å²) in [7, 11) is 0. The second-order valence-corrected chi connectivity index (χ2v) is 4.79. The van der Waals surface area contributed by atoms with Crippen LogP contribution in [0.1, 0.15) is 32.5 Å². The van der Waals surface area contributed by atoms with Crippen LogP contribution in [0.4, 0.5) is 0 Å². The summed E-state index contributed by atoms with van der Waals surface area (Å²) in [6.45, 7) is 8.63. The highest BCUT2D eigenvalue weighted by atomic mass is 15.2. The lowest BCUT2D eigenvalue weighted by Crippen LogP contribution is -2.59. The maximum atomic E-state index is 4.30. The molecule has 1 aromatic rings. The molecular formula is C13H22N4. The summed E-state index contributed by atoms with van der Waals surface area (Å²) >= 11 is 0. The van der Waals surface area contributed by atoms with Crippen LogP contribution < -0.4 is 5.32 Å². The highest BCUT2D eigenvalue weighted by Gasteiger charge is 2.31. The Labute approximate surface area is 103 Å². The first-order chi connectivity index (χ1) is 8.28.